The number of hydrogen-bond donors (Lipinski definition) is 3. The van der Waals surface area contributed by atoms with Crippen LogP contribution < -0.4 is 20.7 Å². The zero-order valence-electron chi connectivity index (χ0n) is 18.8. The number of aromatic nitrogens is 1. The number of anilines is 1. The highest BCUT2D eigenvalue weighted by molar-refractivity contribution is 5.80. The molecule has 1 fully saturated rings. The number of pyridine rings is 1. The highest BCUT2D eigenvalue weighted by Gasteiger charge is 2.21. The van der Waals surface area contributed by atoms with Crippen molar-refractivity contribution in [1.82, 2.24) is 20.5 Å². The predicted molar refractivity (Wildman–Crippen MR) is 128 cm³/mol. The lowest BCUT2D eigenvalue weighted by Crippen LogP contribution is -2.48. The highest BCUT2D eigenvalue weighted by atomic mass is 19.1. The van der Waals surface area contributed by atoms with Crippen molar-refractivity contribution in [2.45, 2.75) is 25.4 Å². The Morgan fingerprint density at radius 2 is 1.94 bits per heavy atom. The van der Waals surface area contributed by atoms with Crippen LogP contribution in [0.1, 0.15) is 18.4 Å². The molecule has 7 nitrogen and oxygen atoms in total. The van der Waals surface area contributed by atoms with E-state index in [4.69, 9.17) is 4.74 Å². The minimum absolute atomic E-state index is 0.143. The van der Waals surface area contributed by atoms with Crippen molar-refractivity contribution in [2.24, 2.45) is 0 Å². The van der Waals surface area contributed by atoms with E-state index in [0.717, 1.165) is 48.2 Å². The normalized spacial score (nSPS) is 14.7. The molecule has 0 atom stereocenters. The summed E-state index contributed by atoms with van der Waals surface area (Å²) in [5, 5.41) is 10.3. The number of hydrogen-bond acceptors (Lipinski definition) is 5. The molecule has 0 unspecified atom stereocenters. The molecule has 1 saturated heterocycles. The lowest BCUT2D eigenvalue weighted by molar-refractivity contribution is 0.186. The minimum atomic E-state index is -0.339. The first kappa shape index (κ1) is 22.8. The van der Waals surface area contributed by atoms with E-state index in [9.17, 15) is 9.18 Å². The number of para-hydroxylation sites is 1. The first-order valence-corrected chi connectivity index (χ1v) is 11.3. The number of halogens is 1. The van der Waals surface area contributed by atoms with Gasteiger partial charge >= 0.3 is 6.03 Å². The second-order valence-corrected chi connectivity index (χ2v) is 8.24. The maximum Gasteiger partial charge on any atom is 0.315 e. The SMILES string of the molecule is COc1ccc(CN2CCC(NC(=O)NCCNc3ccc4ccccc4n3)CC2)cc1F. The van der Waals surface area contributed by atoms with Crippen molar-refractivity contribution in [3.63, 3.8) is 0 Å². The third kappa shape index (κ3) is 6.32. The lowest BCUT2D eigenvalue weighted by atomic mass is 10.0. The quantitative estimate of drug-likeness (QED) is 0.455. The second kappa shape index (κ2) is 11.0. The fourth-order valence-corrected chi connectivity index (χ4v) is 4.07. The maximum atomic E-state index is 13.9. The van der Waals surface area contributed by atoms with Crippen LogP contribution in [0.5, 0.6) is 5.75 Å². The van der Waals surface area contributed by atoms with E-state index < -0.39 is 0 Å². The molecule has 0 bridgehead atoms. The van der Waals surface area contributed by atoms with Gasteiger partial charge in [0.2, 0.25) is 0 Å². The van der Waals surface area contributed by atoms with E-state index in [1.165, 1.54) is 13.2 Å². The summed E-state index contributed by atoms with van der Waals surface area (Å²) in [5.41, 5.74) is 1.86. The number of rotatable bonds is 8. The average molecular weight is 452 g/mol. The van der Waals surface area contributed by atoms with E-state index in [-0.39, 0.29) is 23.6 Å². The molecule has 1 aliphatic heterocycles. The zero-order valence-corrected chi connectivity index (χ0v) is 18.8. The Kier molecular flexibility index (Phi) is 7.57. The van der Waals surface area contributed by atoms with Crippen LogP contribution in [0.2, 0.25) is 0 Å². The summed E-state index contributed by atoms with van der Waals surface area (Å²) < 4.78 is 18.9. The van der Waals surface area contributed by atoms with Crippen LogP contribution in [0.15, 0.2) is 54.6 Å². The number of nitrogens with zero attached hydrogens (tertiary/aromatic N) is 2. The number of amides is 2. The van der Waals surface area contributed by atoms with Crippen molar-refractivity contribution in [1.29, 1.82) is 0 Å². The topological polar surface area (TPSA) is 78.5 Å². The molecule has 0 aliphatic carbocycles. The van der Waals surface area contributed by atoms with Gasteiger partial charge in [-0.2, -0.15) is 0 Å². The van der Waals surface area contributed by atoms with Crippen LogP contribution in [0.4, 0.5) is 15.0 Å². The Bertz CT molecular complexity index is 1090. The molecule has 8 heteroatoms. The summed E-state index contributed by atoms with van der Waals surface area (Å²) in [5.74, 6) is 0.713. The number of methoxy groups -OCH3 is 1. The van der Waals surface area contributed by atoms with Gasteiger partial charge in [0, 0.05) is 44.2 Å². The van der Waals surface area contributed by atoms with Gasteiger partial charge < -0.3 is 20.7 Å². The smallest absolute Gasteiger partial charge is 0.315 e. The molecule has 33 heavy (non-hydrogen) atoms. The fourth-order valence-electron chi connectivity index (χ4n) is 4.07. The number of ether oxygens (including phenoxy) is 1. The third-order valence-corrected chi connectivity index (χ3v) is 5.86. The van der Waals surface area contributed by atoms with E-state index in [1.54, 1.807) is 6.07 Å². The average Bonchev–Trinajstić information content (AvgIpc) is 2.83. The van der Waals surface area contributed by atoms with Gasteiger partial charge in [0.05, 0.1) is 12.6 Å². The Hall–Kier alpha value is -3.39. The first-order valence-electron chi connectivity index (χ1n) is 11.3. The summed E-state index contributed by atoms with van der Waals surface area (Å²) in [6.07, 6.45) is 1.73. The molecule has 0 saturated carbocycles. The van der Waals surface area contributed by atoms with Gasteiger partial charge in [0.1, 0.15) is 5.82 Å². The van der Waals surface area contributed by atoms with Crippen LogP contribution in [0, 0.1) is 5.82 Å². The minimum Gasteiger partial charge on any atom is -0.494 e. The van der Waals surface area contributed by atoms with Gasteiger partial charge in [-0.15, -0.1) is 0 Å². The van der Waals surface area contributed by atoms with Gasteiger partial charge in [-0.25, -0.2) is 14.2 Å². The van der Waals surface area contributed by atoms with Crippen LogP contribution in [-0.4, -0.2) is 55.2 Å². The van der Waals surface area contributed by atoms with Crippen molar-refractivity contribution >= 4 is 22.8 Å². The number of carbonyl (C=O) groups excluding carboxylic acids is 1. The Morgan fingerprint density at radius 1 is 1.12 bits per heavy atom. The van der Waals surface area contributed by atoms with Crippen LogP contribution in [-0.2, 0) is 6.54 Å². The highest BCUT2D eigenvalue weighted by Crippen LogP contribution is 2.20. The van der Waals surface area contributed by atoms with Gasteiger partial charge in [-0.05, 0) is 48.7 Å². The summed E-state index contributed by atoms with van der Waals surface area (Å²) in [4.78, 5) is 19.1. The van der Waals surface area contributed by atoms with Crippen molar-refractivity contribution < 1.29 is 13.9 Å². The van der Waals surface area contributed by atoms with Crippen LogP contribution in [0.3, 0.4) is 0 Å². The van der Waals surface area contributed by atoms with Gasteiger partial charge in [0.25, 0.3) is 0 Å². The Labute approximate surface area is 193 Å². The van der Waals surface area contributed by atoms with Crippen molar-refractivity contribution in [3.05, 3.63) is 66.0 Å². The summed E-state index contributed by atoms with van der Waals surface area (Å²) in [6.45, 7) is 3.49. The van der Waals surface area contributed by atoms with Gasteiger partial charge in [-0.3, -0.25) is 4.90 Å². The van der Waals surface area contributed by atoms with Gasteiger partial charge in [-0.1, -0.05) is 24.3 Å². The Morgan fingerprint density at radius 3 is 2.73 bits per heavy atom. The summed E-state index contributed by atoms with van der Waals surface area (Å²) in [7, 11) is 1.46. The molecule has 0 spiro atoms. The number of nitrogens with one attached hydrogen (secondary N) is 3. The number of likely N-dealkylation sites (tertiary alicyclic amines) is 1. The second-order valence-electron chi connectivity index (χ2n) is 8.24. The standard InChI is InChI=1S/C25H30FN5O2/c1-33-23-8-6-18(16-21(23)26)17-31-14-10-20(11-15-31)29-25(32)28-13-12-27-24-9-7-19-4-2-3-5-22(19)30-24/h2-9,16,20H,10-15,17H2,1H3,(H,27,30)(H2,28,29,32). The fraction of sp³-hybridized carbons (Fsp3) is 0.360. The number of fused-ring (bicyclic) bond motifs is 1. The first-order chi connectivity index (χ1) is 16.1. The molecular formula is C25H30FN5O2. The molecule has 2 aromatic carbocycles. The zero-order chi connectivity index (χ0) is 23.0. The van der Waals surface area contributed by atoms with E-state index in [2.05, 4.69) is 25.8 Å². The third-order valence-electron chi connectivity index (χ3n) is 5.86. The molecular weight excluding hydrogens is 421 g/mol. The molecule has 0 radical (unpaired) electrons. The predicted octanol–water partition coefficient (Wildman–Crippen LogP) is 3.76. The van der Waals surface area contributed by atoms with E-state index in [0.29, 0.717) is 19.6 Å². The molecule has 174 valence electrons. The molecule has 4 rings (SSSR count). The molecule has 1 aromatic heterocycles. The van der Waals surface area contributed by atoms with Crippen molar-refractivity contribution in [3.8, 4) is 5.75 Å². The van der Waals surface area contributed by atoms with Crippen LogP contribution in [0.25, 0.3) is 10.9 Å². The summed E-state index contributed by atoms with van der Waals surface area (Å²) >= 11 is 0. The number of carbonyl (C=O) groups is 1. The van der Waals surface area contributed by atoms with Crippen LogP contribution >= 0.6 is 0 Å². The molecule has 3 aromatic rings. The largest absolute Gasteiger partial charge is 0.494 e. The molecule has 3 N–H and O–H groups in total. The molecule has 2 heterocycles. The summed E-state index contributed by atoms with van der Waals surface area (Å²) in [6, 6.07) is 17.0. The van der Waals surface area contributed by atoms with Crippen molar-refractivity contribution in [2.75, 3.05) is 38.6 Å². The van der Waals surface area contributed by atoms with Gasteiger partial charge in [0.15, 0.2) is 11.6 Å². The molecule has 2 amide bonds. The van der Waals surface area contributed by atoms with E-state index in [1.807, 2.05) is 42.5 Å². The Balaban J connectivity index is 1.13. The number of urea groups is 1. The lowest BCUT2D eigenvalue weighted by Gasteiger charge is -2.32. The monoisotopic (exact) mass is 451 g/mol. The van der Waals surface area contributed by atoms with E-state index >= 15 is 0 Å². The number of benzene rings is 2. The number of piperidine rings is 1. The maximum absolute atomic E-state index is 13.9. The molecule has 1 aliphatic rings.